The van der Waals surface area contributed by atoms with E-state index in [1.165, 1.54) is 6.42 Å². The van der Waals surface area contributed by atoms with E-state index in [2.05, 4.69) is 26.2 Å². The number of carbonyl (C=O) groups is 2. The summed E-state index contributed by atoms with van der Waals surface area (Å²) in [6, 6.07) is 9.61. The van der Waals surface area contributed by atoms with Gasteiger partial charge in [0.25, 0.3) is 0 Å². The molecule has 2 saturated carbocycles. The third-order valence-corrected chi connectivity index (χ3v) is 9.09. The number of para-hydroxylation sites is 1. The lowest BCUT2D eigenvalue weighted by atomic mass is 9.71. The van der Waals surface area contributed by atoms with E-state index in [1.807, 2.05) is 49.4 Å². The number of benzene rings is 1. The molecular formula is C26H31N3O3. The molecule has 32 heavy (non-hydrogen) atoms. The lowest BCUT2D eigenvalue weighted by Crippen LogP contribution is -2.47. The van der Waals surface area contributed by atoms with Crippen LogP contribution in [0.15, 0.2) is 47.6 Å². The minimum atomic E-state index is -0.790. The van der Waals surface area contributed by atoms with Gasteiger partial charge in [-0.2, -0.15) is 5.10 Å². The van der Waals surface area contributed by atoms with Crippen LogP contribution in [0.5, 0.6) is 0 Å². The Morgan fingerprint density at radius 2 is 1.91 bits per heavy atom. The molecule has 4 fully saturated rings. The maximum atomic E-state index is 13.5. The number of hydrazone groups is 1. The van der Waals surface area contributed by atoms with Crippen LogP contribution < -0.4 is 10.3 Å². The van der Waals surface area contributed by atoms with Gasteiger partial charge in [0.15, 0.2) is 0 Å². The third-order valence-electron chi connectivity index (χ3n) is 9.09. The summed E-state index contributed by atoms with van der Waals surface area (Å²) >= 11 is 0. The Labute approximate surface area is 189 Å². The highest BCUT2D eigenvalue weighted by atomic mass is 16.5. The fraction of sp³-hybridized carbons (Fsp3) is 0.577. The highest BCUT2D eigenvalue weighted by molar-refractivity contribution is 6.04. The van der Waals surface area contributed by atoms with Crippen molar-refractivity contribution in [1.82, 2.24) is 5.43 Å². The Morgan fingerprint density at radius 3 is 2.59 bits per heavy atom. The second kappa shape index (κ2) is 6.10. The first kappa shape index (κ1) is 20.2. The molecule has 3 heterocycles. The molecule has 1 spiro atoms. The first-order valence-corrected chi connectivity index (χ1v) is 11.8. The van der Waals surface area contributed by atoms with Crippen LogP contribution in [-0.4, -0.2) is 35.3 Å². The quantitative estimate of drug-likeness (QED) is 0.584. The molecule has 6 nitrogen and oxygen atoms in total. The molecule has 6 rings (SSSR count). The molecule has 6 heteroatoms. The average Bonchev–Trinajstić information content (AvgIpc) is 3.48. The standard InChI is InChI=1S/C26H31N3O3/c1-23(2)16-10-11-24(3,14-16)22(23)28-27-20(30)18-19-21(31)29(17-8-6-5-7-9-17)15-26(19)13-12-25(18,4)32-26/h5-9,12-13,16,18-19H,10-11,14-15H2,1-4H3,(H,27,30)/b28-22+/t16-,18?,19?,24+,25?,26?/m0/s1. The first-order chi connectivity index (χ1) is 15.1. The Bertz CT molecular complexity index is 1070. The molecule has 2 aliphatic carbocycles. The van der Waals surface area contributed by atoms with Crippen molar-refractivity contribution in [2.24, 2.45) is 33.7 Å². The van der Waals surface area contributed by atoms with Crippen LogP contribution in [0, 0.1) is 28.6 Å². The van der Waals surface area contributed by atoms with Crippen LogP contribution in [0.1, 0.15) is 47.0 Å². The van der Waals surface area contributed by atoms with Crippen molar-refractivity contribution in [3.05, 3.63) is 42.5 Å². The van der Waals surface area contributed by atoms with E-state index >= 15 is 0 Å². The van der Waals surface area contributed by atoms with Crippen LogP contribution in [0.25, 0.3) is 0 Å². The molecule has 4 bridgehead atoms. The second-order valence-electron chi connectivity index (χ2n) is 11.4. The average molecular weight is 434 g/mol. The van der Waals surface area contributed by atoms with E-state index < -0.39 is 23.0 Å². The third kappa shape index (κ3) is 2.42. The second-order valence-corrected chi connectivity index (χ2v) is 11.4. The SMILES string of the molecule is CC12C=CC3(CN(c4ccccc4)C(=O)C3C1C(=O)N/N=C1\C(C)(C)[C@H]3CC[C@]1(C)C3)O2. The summed E-state index contributed by atoms with van der Waals surface area (Å²) in [6.07, 6.45) is 7.45. The van der Waals surface area contributed by atoms with Crippen LogP contribution in [0.3, 0.4) is 0 Å². The van der Waals surface area contributed by atoms with Crippen molar-refractivity contribution in [3.63, 3.8) is 0 Å². The number of nitrogens with one attached hydrogen (secondary N) is 1. The number of nitrogens with zero attached hydrogens (tertiary/aromatic N) is 2. The maximum Gasteiger partial charge on any atom is 0.247 e. The smallest absolute Gasteiger partial charge is 0.247 e. The lowest BCUT2D eigenvalue weighted by Gasteiger charge is -2.35. The van der Waals surface area contributed by atoms with Gasteiger partial charge in [-0.15, -0.1) is 0 Å². The van der Waals surface area contributed by atoms with E-state index in [-0.39, 0.29) is 22.6 Å². The van der Waals surface area contributed by atoms with Gasteiger partial charge in [0, 0.05) is 16.5 Å². The van der Waals surface area contributed by atoms with Gasteiger partial charge < -0.3 is 9.64 Å². The van der Waals surface area contributed by atoms with Gasteiger partial charge >= 0.3 is 0 Å². The monoisotopic (exact) mass is 433 g/mol. The maximum absolute atomic E-state index is 13.5. The number of fused-ring (bicyclic) bond motifs is 3. The molecule has 5 aliphatic rings. The van der Waals surface area contributed by atoms with Gasteiger partial charge in [-0.25, -0.2) is 5.43 Å². The number of amides is 2. The van der Waals surface area contributed by atoms with E-state index in [9.17, 15) is 9.59 Å². The Hall–Kier alpha value is -2.47. The van der Waals surface area contributed by atoms with E-state index in [4.69, 9.17) is 9.84 Å². The minimum absolute atomic E-state index is 0.0101. The Balaban J connectivity index is 1.30. The lowest BCUT2D eigenvalue weighted by molar-refractivity contribution is -0.133. The summed E-state index contributed by atoms with van der Waals surface area (Å²) in [5.74, 6) is -0.798. The number of anilines is 1. The highest BCUT2D eigenvalue weighted by Gasteiger charge is 2.71. The predicted molar refractivity (Wildman–Crippen MR) is 122 cm³/mol. The largest absolute Gasteiger partial charge is 0.357 e. The van der Waals surface area contributed by atoms with Gasteiger partial charge in [0.05, 0.1) is 29.7 Å². The zero-order chi connectivity index (χ0) is 22.5. The van der Waals surface area contributed by atoms with E-state index in [1.54, 1.807) is 4.90 Å². The molecule has 0 aromatic heterocycles. The molecule has 2 amide bonds. The zero-order valence-corrected chi connectivity index (χ0v) is 19.2. The number of rotatable bonds is 3. The van der Waals surface area contributed by atoms with Gasteiger partial charge in [-0.3, -0.25) is 9.59 Å². The summed E-state index contributed by atoms with van der Waals surface area (Å²) < 4.78 is 6.43. The minimum Gasteiger partial charge on any atom is -0.357 e. The van der Waals surface area contributed by atoms with Crippen molar-refractivity contribution in [3.8, 4) is 0 Å². The number of carbonyl (C=O) groups excluding carboxylic acids is 2. The summed E-state index contributed by atoms with van der Waals surface area (Å²) in [4.78, 5) is 28.8. The molecule has 1 N–H and O–H groups in total. The van der Waals surface area contributed by atoms with Crippen LogP contribution in [0.4, 0.5) is 5.69 Å². The highest BCUT2D eigenvalue weighted by Crippen LogP contribution is 2.61. The fourth-order valence-corrected chi connectivity index (χ4v) is 7.50. The molecule has 2 saturated heterocycles. The molecule has 1 aromatic rings. The van der Waals surface area contributed by atoms with Crippen LogP contribution >= 0.6 is 0 Å². The van der Waals surface area contributed by atoms with Crippen LogP contribution in [0.2, 0.25) is 0 Å². The van der Waals surface area contributed by atoms with Crippen molar-refractivity contribution in [2.45, 2.75) is 58.2 Å². The normalized spacial score (nSPS) is 44.0. The first-order valence-electron chi connectivity index (χ1n) is 11.8. The van der Waals surface area contributed by atoms with Gasteiger partial charge in [-0.05, 0) is 44.2 Å². The predicted octanol–water partition coefficient (Wildman–Crippen LogP) is 3.68. The molecule has 4 unspecified atom stereocenters. The topological polar surface area (TPSA) is 71.0 Å². The van der Waals surface area contributed by atoms with Gasteiger partial charge in [0.1, 0.15) is 5.60 Å². The summed E-state index contributed by atoms with van der Waals surface area (Å²) in [5, 5.41) is 4.72. The number of ether oxygens (including phenoxy) is 1. The molecular weight excluding hydrogens is 402 g/mol. The van der Waals surface area contributed by atoms with Crippen molar-refractivity contribution >= 4 is 23.2 Å². The Kier molecular flexibility index (Phi) is 3.84. The van der Waals surface area contributed by atoms with E-state index in [0.717, 1.165) is 24.2 Å². The number of hydrogen-bond donors (Lipinski definition) is 1. The van der Waals surface area contributed by atoms with Crippen LogP contribution in [-0.2, 0) is 14.3 Å². The summed E-state index contributed by atoms with van der Waals surface area (Å²) in [7, 11) is 0. The molecule has 6 atom stereocenters. The Morgan fingerprint density at radius 1 is 1.16 bits per heavy atom. The summed E-state index contributed by atoms with van der Waals surface area (Å²) in [6.45, 7) is 9.09. The van der Waals surface area contributed by atoms with Gasteiger partial charge in [0.2, 0.25) is 11.8 Å². The molecule has 0 radical (unpaired) electrons. The van der Waals surface area contributed by atoms with Crippen molar-refractivity contribution in [2.75, 3.05) is 11.4 Å². The molecule has 1 aromatic carbocycles. The van der Waals surface area contributed by atoms with Crippen molar-refractivity contribution in [1.29, 1.82) is 0 Å². The van der Waals surface area contributed by atoms with Crippen molar-refractivity contribution < 1.29 is 14.3 Å². The molecule has 3 aliphatic heterocycles. The fourth-order valence-electron chi connectivity index (χ4n) is 7.50. The number of hydrogen-bond acceptors (Lipinski definition) is 4. The van der Waals surface area contributed by atoms with Gasteiger partial charge in [-0.1, -0.05) is 51.1 Å². The molecule has 168 valence electrons. The van der Waals surface area contributed by atoms with E-state index in [0.29, 0.717) is 12.5 Å². The zero-order valence-electron chi connectivity index (χ0n) is 19.2. The summed E-state index contributed by atoms with van der Waals surface area (Å²) in [5.41, 5.74) is 3.33.